The number of alkyl halides is 3. The average Bonchev–Trinajstić information content (AvgIpc) is 3.46. The number of benzene rings is 1. The first kappa shape index (κ1) is 28.9. The van der Waals surface area contributed by atoms with Crippen LogP contribution in [0.1, 0.15) is 73.0 Å². The quantitative estimate of drug-likeness (QED) is 0.345. The number of nitrogens with zero attached hydrogens (tertiary/aromatic N) is 4. The number of amides is 1. The molecule has 7 nitrogen and oxygen atoms in total. The lowest BCUT2D eigenvalue weighted by Gasteiger charge is -2.36. The molecule has 2 fully saturated rings. The molecule has 216 valence electrons. The van der Waals surface area contributed by atoms with Crippen molar-refractivity contribution in [3.8, 4) is 11.1 Å². The lowest BCUT2D eigenvalue weighted by molar-refractivity contribution is -0.137. The Morgan fingerprint density at radius 1 is 0.951 bits per heavy atom. The van der Waals surface area contributed by atoms with Crippen LogP contribution in [0.5, 0.6) is 0 Å². The number of aliphatic hydroxyl groups is 1. The number of halogens is 3. The molecule has 10 heteroatoms. The van der Waals surface area contributed by atoms with Crippen molar-refractivity contribution < 1.29 is 27.9 Å². The number of rotatable bonds is 8. The number of ketones is 1. The lowest BCUT2D eigenvalue weighted by atomic mass is 9.74. The number of carbonyl (C=O) groups excluding carboxylic acids is 2. The van der Waals surface area contributed by atoms with Gasteiger partial charge in [-0.05, 0) is 68.6 Å². The third-order valence-corrected chi connectivity index (χ3v) is 8.45. The molecule has 0 unspecified atom stereocenters. The highest BCUT2D eigenvalue weighted by molar-refractivity contribution is 5.98. The van der Waals surface area contributed by atoms with Crippen LogP contribution in [0.2, 0.25) is 0 Å². The van der Waals surface area contributed by atoms with Crippen molar-refractivity contribution in [2.24, 2.45) is 11.8 Å². The lowest BCUT2D eigenvalue weighted by Crippen LogP contribution is -2.33. The first-order chi connectivity index (χ1) is 19.6. The van der Waals surface area contributed by atoms with Gasteiger partial charge in [-0.2, -0.15) is 13.2 Å². The van der Waals surface area contributed by atoms with Gasteiger partial charge in [0.2, 0.25) is 5.91 Å². The summed E-state index contributed by atoms with van der Waals surface area (Å²) in [7, 11) is 0. The van der Waals surface area contributed by atoms with Gasteiger partial charge in [0.05, 0.1) is 11.3 Å². The summed E-state index contributed by atoms with van der Waals surface area (Å²) in [5.74, 6) is 0.217. The maximum Gasteiger partial charge on any atom is 0.416 e. The van der Waals surface area contributed by atoms with E-state index in [-0.39, 0.29) is 24.3 Å². The van der Waals surface area contributed by atoms with E-state index in [1.54, 1.807) is 23.5 Å². The molecule has 1 N–H and O–H groups in total. The fourth-order valence-electron chi connectivity index (χ4n) is 6.05. The number of carbonyl (C=O) groups is 2. The van der Waals surface area contributed by atoms with Gasteiger partial charge in [0.15, 0.2) is 5.78 Å². The summed E-state index contributed by atoms with van der Waals surface area (Å²) in [4.78, 5) is 39.6. The minimum absolute atomic E-state index is 0.0126. The zero-order chi connectivity index (χ0) is 29.0. The van der Waals surface area contributed by atoms with Crippen LogP contribution < -0.4 is 0 Å². The molecule has 1 saturated carbocycles. The summed E-state index contributed by atoms with van der Waals surface area (Å²) in [5, 5.41) is 11.3. The summed E-state index contributed by atoms with van der Waals surface area (Å²) in [6, 6.07) is 8.14. The van der Waals surface area contributed by atoms with Crippen molar-refractivity contribution in [3.63, 3.8) is 0 Å². The topological polar surface area (TPSA) is 96.3 Å². The second-order valence-corrected chi connectivity index (χ2v) is 11.3. The Bertz CT molecular complexity index is 1360. The van der Waals surface area contributed by atoms with E-state index in [0.29, 0.717) is 43.5 Å². The number of hydrogen-bond acceptors (Lipinski definition) is 6. The third kappa shape index (κ3) is 6.98. The molecule has 1 saturated heterocycles. The van der Waals surface area contributed by atoms with Crippen molar-refractivity contribution in [2.75, 3.05) is 13.1 Å². The van der Waals surface area contributed by atoms with Gasteiger partial charge in [0, 0.05) is 61.2 Å². The van der Waals surface area contributed by atoms with Gasteiger partial charge in [0.1, 0.15) is 11.9 Å². The largest absolute Gasteiger partial charge is 0.416 e. The third-order valence-electron chi connectivity index (χ3n) is 8.45. The molecular formula is C31H33F3N4O3. The van der Waals surface area contributed by atoms with Crippen LogP contribution in [0.4, 0.5) is 13.2 Å². The maximum absolute atomic E-state index is 12.9. The normalized spacial score (nSPS) is 23.0. The van der Waals surface area contributed by atoms with Gasteiger partial charge in [-0.1, -0.05) is 18.2 Å². The molecule has 0 spiro atoms. The molecule has 41 heavy (non-hydrogen) atoms. The molecule has 0 radical (unpaired) electrons. The Morgan fingerprint density at radius 2 is 1.71 bits per heavy atom. The smallest absolute Gasteiger partial charge is 0.384 e. The van der Waals surface area contributed by atoms with Crippen molar-refractivity contribution in [2.45, 2.75) is 63.1 Å². The number of hydrogen-bond donors (Lipinski definition) is 1. The fourth-order valence-corrected chi connectivity index (χ4v) is 6.05. The van der Waals surface area contributed by atoms with E-state index in [1.165, 1.54) is 18.5 Å². The van der Waals surface area contributed by atoms with Crippen LogP contribution in [0.3, 0.4) is 0 Å². The van der Waals surface area contributed by atoms with Gasteiger partial charge in [-0.3, -0.25) is 14.6 Å². The zero-order valence-electron chi connectivity index (χ0n) is 22.7. The van der Waals surface area contributed by atoms with Crippen LogP contribution >= 0.6 is 0 Å². The van der Waals surface area contributed by atoms with E-state index < -0.39 is 23.1 Å². The average molecular weight is 567 g/mol. The van der Waals surface area contributed by atoms with Crippen molar-refractivity contribution in [1.29, 1.82) is 0 Å². The molecule has 1 aliphatic carbocycles. The standard InChI is InChI=1S/C31H33F3N4O3/c32-31(33,34)26-3-1-2-23(15-26)27(39)5-7-29(40)38-13-10-22(19-38)14-21-8-11-30(41,12-9-21)28-6-4-24(18-37-28)25-16-35-20-36-17-25/h1-4,6,15-18,20-22,41H,5,7-14,19H2/t21?,22-,30?/m1/s1. The SMILES string of the molecule is O=C(CCC(=O)N1CC[C@H](CC2CCC(O)(c3ccc(-c4cncnc4)cn3)CC2)C1)c1cccc(C(F)(F)F)c1. The van der Waals surface area contributed by atoms with Crippen LogP contribution in [0.15, 0.2) is 61.3 Å². The van der Waals surface area contributed by atoms with Gasteiger partial charge >= 0.3 is 6.18 Å². The molecule has 3 heterocycles. The zero-order valence-corrected chi connectivity index (χ0v) is 22.7. The molecule has 3 aromatic rings. The molecule has 1 aromatic carbocycles. The van der Waals surface area contributed by atoms with Crippen molar-refractivity contribution in [3.05, 3.63) is 78.1 Å². The second kappa shape index (κ2) is 12.1. The first-order valence-corrected chi connectivity index (χ1v) is 14.0. The van der Waals surface area contributed by atoms with E-state index in [2.05, 4.69) is 15.0 Å². The van der Waals surface area contributed by atoms with E-state index in [9.17, 15) is 27.9 Å². The molecule has 1 aliphatic heterocycles. The van der Waals surface area contributed by atoms with Gasteiger partial charge < -0.3 is 10.0 Å². The highest BCUT2D eigenvalue weighted by Crippen LogP contribution is 2.42. The van der Waals surface area contributed by atoms with Crippen molar-refractivity contribution >= 4 is 11.7 Å². The van der Waals surface area contributed by atoms with Crippen molar-refractivity contribution in [1.82, 2.24) is 19.9 Å². The molecule has 0 bridgehead atoms. The summed E-state index contributed by atoms with van der Waals surface area (Å²) < 4.78 is 38.8. The first-order valence-electron chi connectivity index (χ1n) is 14.0. The number of likely N-dealkylation sites (tertiary alicyclic amines) is 1. The minimum atomic E-state index is -4.52. The van der Waals surface area contributed by atoms with E-state index >= 15 is 0 Å². The van der Waals surface area contributed by atoms with E-state index in [1.807, 2.05) is 12.1 Å². The van der Waals surface area contributed by atoms with E-state index in [0.717, 1.165) is 48.9 Å². The van der Waals surface area contributed by atoms with Gasteiger partial charge in [-0.25, -0.2) is 9.97 Å². The highest BCUT2D eigenvalue weighted by atomic mass is 19.4. The molecule has 1 amide bonds. The van der Waals surface area contributed by atoms with Gasteiger partial charge in [-0.15, -0.1) is 0 Å². The Kier molecular flexibility index (Phi) is 8.49. The Morgan fingerprint density at radius 3 is 2.39 bits per heavy atom. The van der Waals surface area contributed by atoms with E-state index in [4.69, 9.17) is 0 Å². The Hall–Kier alpha value is -3.66. The number of pyridine rings is 1. The number of aromatic nitrogens is 3. The number of Topliss-reactive ketones (excluding diaryl/α,β-unsaturated/α-hetero) is 1. The highest BCUT2D eigenvalue weighted by Gasteiger charge is 2.38. The van der Waals surface area contributed by atoms with Crippen LogP contribution in [-0.2, 0) is 16.6 Å². The Labute approximate surface area is 236 Å². The van der Waals surface area contributed by atoms with Crippen LogP contribution in [0.25, 0.3) is 11.1 Å². The molecule has 2 aliphatic rings. The van der Waals surface area contributed by atoms with Gasteiger partial charge in [0.25, 0.3) is 0 Å². The molecule has 2 aromatic heterocycles. The summed E-state index contributed by atoms with van der Waals surface area (Å²) >= 11 is 0. The maximum atomic E-state index is 12.9. The predicted molar refractivity (Wildman–Crippen MR) is 145 cm³/mol. The molecular weight excluding hydrogens is 533 g/mol. The minimum Gasteiger partial charge on any atom is -0.384 e. The summed E-state index contributed by atoms with van der Waals surface area (Å²) in [5.41, 5.74) is 0.591. The van der Waals surface area contributed by atoms with Crippen LogP contribution in [-0.4, -0.2) is 49.7 Å². The molecule has 5 rings (SSSR count). The molecule has 1 atom stereocenters. The predicted octanol–water partition coefficient (Wildman–Crippen LogP) is 5.84. The van der Waals surface area contributed by atoms with Crippen LogP contribution in [0, 0.1) is 11.8 Å². The monoisotopic (exact) mass is 566 g/mol. The summed E-state index contributed by atoms with van der Waals surface area (Å²) in [6.45, 7) is 1.25. The summed E-state index contributed by atoms with van der Waals surface area (Å²) in [6.07, 6.45) is 6.90. The Balaban J connectivity index is 1.06. The second-order valence-electron chi connectivity index (χ2n) is 11.3. The fraction of sp³-hybridized carbons (Fsp3) is 0.452.